The SMILES string of the molecule is CCOC(=O)c1sc(NC(=O)c2cccc(CNc3ccccc3CC)c2)nc1C. The highest BCUT2D eigenvalue weighted by Gasteiger charge is 2.18. The first-order valence-electron chi connectivity index (χ1n) is 9.88. The number of nitrogens with zero attached hydrogens (tertiary/aromatic N) is 1. The number of hydrogen-bond donors (Lipinski definition) is 2. The second-order valence-corrected chi connectivity index (χ2v) is 7.67. The maximum absolute atomic E-state index is 12.7. The van der Waals surface area contributed by atoms with Crippen LogP contribution >= 0.6 is 11.3 Å². The number of thiazole rings is 1. The molecule has 30 heavy (non-hydrogen) atoms. The standard InChI is InChI=1S/C23H25N3O3S/c1-4-17-10-6-7-12-19(17)24-14-16-9-8-11-18(13-16)21(27)26-23-25-15(3)20(30-23)22(28)29-5-2/h6-13,24H,4-5,14H2,1-3H3,(H,25,26,27). The fourth-order valence-electron chi connectivity index (χ4n) is 3.03. The lowest BCUT2D eigenvalue weighted by Crippen LogP contribution is -2.12. The molecule has 1 amide bonds. The number of carbonyl (C=O) groups excluding carboxylic acids is 2. The molecule has 0 saturated carbocycles. The van der Waals surface area contributed by atoms with Crippen molar-refractivity contribution in [2.75, 3.05) is 17.2 Å². The molecule has 6 nitrogen and oxygen atoms in total. The Bertz CT molecular complexity index is 1050. The van der Waals surface area contributed by atoms with E-state index >= 15 is 0 Å². The van der Waals surface area contributed by atoms with Crippen LogP contribution in [0.1, 0.15) is 50.7 Å². The molecule has 0 radical (unpaired) electrons. The van der Waals surface area contributed by atoms with Crippen molar-refractivity contribution in [2.24, 2.45) is 0 Å². The van der Waals surface area contributed by atoms with Gasteiger partial charge in [0.25, 0.3) is 5.91 Å². The Morgan fingerprint density at radius 1 is 1.10 bits per heavy atom. The molecule has 3 aromatic rings. The van der Waals surface area contributed by atoms with Gasteiger partial charge in [0, 0.05) is 17.8 Å². The maximum Gasteiger partial charge on any atom is 0.350 e. The van der Waals surface area contributed by atoms with Crippen molar-refractivity contribution in [2.45, 2.75) is 33.7 Å². The van der Waals surface area contributed by atoms with E-state index in [4.69, 9.17) is 4.74 Å². The van der Waals surface area contributed by atoms with Gasteiger partial charge < -0.3 is 10.1 Å². The van der Waals surface area contributed by atoms with Gasteiger partial charge in [0.1, 0.15) is 4.88 Å². The predicted octanol–water partition coefficient (Wildman–Crippen LogP) is 5.06. The lowest BCUT2D eigenvalue weighted by Gasteiger charge is -2.11. The number of anilines is 2. The highest BCUT2D eigenvalue weighted by molar-refractivity contribution is 7.17. The number of para-hydroxylation sites is 1. The summed E-state index contributed by atoms with van der Waals surface area (Å²) in [4.78, 5) is 29.3. The molecule has 0 unspecified atom stereocenters. The van der Waals surface area contributed by atoms with Crippen LogP contribution < -0.4 is 10.6 Å². The van der Waals surface area contributed by atoms with Crippen LogP contribution in [0.25, 0.3) is 0 Å². The van der Waals surface area contributed by atoms with Crippen LogP contribution in [0.4, 0.5) is 10.8 Å². The van der Waals surface area contributed by atoms with E-state index in [9.17, 15) is 9.59 Å². The monoisotopic (exact) mass is 423 g/mol. The second kappa shape index (κ2) is 10.0. The van der Waals surface area contributed by atoms with E-state index in [-0.39, 0.29) is 5.91 Å². The van der Waals surface area contributed by atoms with Gasteiger partial charge >= 0.3 is 5.97 Å². The minimum atomic E-state index is -0.423. The van der Waals surface area contributed by atoms with Crippen molar-refractivity contribution in [3.05, 3.63) is 75.8 Å². The summed E-state index contributed by atoms with van der Waals surface area (Å²) in [7, 11) is 0. The molecule has 0 aliphatic heterocycles. The number of hydrogen-bond acceptors (Lipinski definition) is 6. The normalized spacial score (nSPS) is 10.5. The molecule has 1 heterocycles. The number of amides is 1. The van der Waals surface area contributed by atoms with Crippen molar-refractivity contribution in [3.63, 3.8) is 0 Å². The van der Waals surface area contributed by atoms with Crippen LogP contribution in [0.5, 0.6) is 0 Å². The van der Waals surface area contributed by atoms with Crippen LogP contribution in [0, 0.1) is 6.92 Å². The van der Waals surface area contributed by atoms with Gasteiger partial charge in [0.05, 0.1) is 12.3 Å². The molecule has 0 spiro atoms. The topological polar surface area (TPSA) is 80.3 Å². The van der Waals surface area contributed by atoms with Crippen molar-refractivity contribution in [3.8, 4) is 0 Å². The quantitative estimate of drug-likeness (QED) is 0.495. The van der Waals surface area contributed by atoms with Crippen LogP contribution in [-0.4, -0.2) is 23.5 Å². The number of benzene rings is 2. The fourth-order valence-corrected chi connectivity index (χ4v) is 3.88. The average Bonchev–Trinajstić information content (AvgIpc) is 3.12. The molecule has 0 fully saturated rings. The third kappa shape index (κ3) is 5.24. The Balaban J connectivity index is 1.67. The van der Waals surface area contributed by atoms with E-state index in [1.165, 1.54) is 5.56 Å². The number of carbonyl (C=O) groups is 2. The molecule has 7 heteroatoms. The van der Waals surface area contributed by atoms with Gasteiger partial charge in [0.15, 0.2) is 5.13 Å². The number of esters is 1. The van der Waals surface area contributed by atoms with E-state index in [0.29, 0.717) is 34.4 Å². The predicted molar refractivity (Wildman–Crippen MR) is 120 cm³/mol. The summed E-state index contributed by atoms with van der Waals surface area (Å²) in [6, 6.07) is 15.6. The molecule has 1 aromatic heterocycles. The first-order chi connectivity index (χ1) is 14.5. The number of aromatic nitrogens is 1. The Labute approximate surface area is 180 Å². The van der Waals surface area contributed by atoms with E-state index in [1.807, 2.05) is 30.3 Å². The Morgan fingerprint density at radius 2 is 1.90 bits per heavy atom. The Kier molecular flexibility index (Phi) is 7.19. The largest absolute Gasteiger partial charge is 0.462 e. The van der Waals surface area contributed by atoms with Crippen LogP contribution in [0.2, 0.25) is 0 Å². The van der Waals surface area contributed by atoms with Gasteiger partial charge in [0.2, 0.25) is 0 Å². The molecule has 0 aliphatic rings. The van der Waals surface area contributed by atoms with Crippen molar-refractivity contribution >= 4 is 34.0 Å². The lowest BCUT2D eigenvalue weighted by atomic mass is 10.1. The van der Waals surface area contributed by atoms with Crippen LogP contribution in [-0.2, 0) is 17.7 Å². The maximum atomic E-state index is 12.7. The van der Waals surface area contributed by atoms with Gasteiger partial charge in [-0.25, -0.2) is 9.78 Å². The zero-order valence-corrected chi connectivity index (χ0v) is 18.1. The van der Waals surface area contributed by atoms with Crippen molar-refractivity contribution in [1.82, 2.24) is 4.98 Å². The molecule has 3 rings (SSSR count). The minimum Gasteiger partial charge on any atom is -0.462 e. The summed E-state index contributed by atoms with van der Waals surface area (Å²) in [6.07, 6.45) is 0.951. The Hall–Kier alpha value is -3.19. The van der Waals surface area contributed by atoms with Gasteiger partial charge in [-0.2, -0.15) is 0 Å². The summed E-state index contributed by atoms with van der Waals surface area (Å²) in [5.74, 6) is -0.691. The average molecular weight is 424 g/mol. The third-order valence-electron chi connectivity index (χ3n) is 4.55. The van der Waals surface area contributed by atoms with Gasteiger partial charge in [-0.1, -0.05) is 48.6 Å². The van der Waals surface area contributed by atoms with Gasteiger partial charge in [-0.05, 0) is 49.6 Å². The van der Waals surface area contributed by atoms with Gasteiger partial charge in [-0.15, -0.1) is 0 Å². The van der Waals surface area contributed by atoms with Crippen molar-refractivity contribution < 1.29 is 14.3 Å². The number of ether oxygens (including phenoxy) is 1. The smallest absolute Gasteiger partial charge is 0.350 e. The molecule has 2 N–H and O–H groups in total. The minimum absolute atomic E-state index is 0.269. The first kappa shape index (κ1) is 21.5. The third-order valence-corrected chi connectivity index (χ3v) is 5.60. The fraction of sp³-hybridized carbons (Fsp3) is 0.261. The molecular formula is C23H25N3O3S. The number of aryl methyl sites for hydroxylation is 2. The molecule has 2 aromatic carbocycles. The van der Waals surface area contributed by atoms with Crippen molar-refractivity contribution in [1.29, 1.82) is 0 Å². The summed E-state index contributed by atoms with van der Waals surface area (Å²) >= 11 is 1.12. The number of rotatable bonds is 8. The number of nitrogens with one attached hydrogen (secondary N) is 2. The summed E-state index contributed by atoms with van der Waals surface area (Å²) in [5.41, 5.74) is 4.42. The van der Waals surface area contributed by atoms with E-state index in [1.54, 1.807) is 19.9 Å². The molecule has 156 valence electrons. The van der Waals surface area contributed by atoms with Gasteiger partial charge in [-0.3, -0.25) is 10.1 Å². The highest BCUT2D eigenvalue weighted by Crippen LogP contribution is 2.24. The van der Waals surface area contributed by atoms with E-state index in [2.05, 4.69) is 34.7 Å². The van der Waals surface area contributed by atoms with E-state index < -0.39 is 5.97 Å². The molecule has 0 saturated heterocycles. The first-order valence-corrected chi connectivity index (χ1v) is 10.7. The summed E-state index contributed by atoms with van der Waals surface area (Å²) in [5, 5.41) is 6.59. The van der Waals surface area contributed by atoms with Crippen LogP contribution in [0.3, 0.4) is 0 Å². The molecule has 0 atom stereocenters. The summed E-state index contributed by atoms with van der Waals surface area (Å²) in [6.45, 7) is 6.50. The molecule has 0 aliphatic carbocycles. The van der Waals surface area contributed by atoms with E-state index in [0.717, 1.165) is 29.0 Å². The molecule has 0 bridgehead atoms. The zero-order valence-electron chi connectivity index (χ0n) is 17.3. The highest BCUT2D eigenvalue weighted by atomic mass is 32.1. The summed E-state index contributed by atoms with van der Waals surface area (Å²) < 4.78 is 5.02. The molecular weight excluding hydrogens is 398 g/mol. The second-order valence-electron chi connectivity index (χ2n) is 6.67. The zero-order chi connectivity index (χ0) is 21.5. The Morgan fingerprint density at radius 3 is 2.67 bits per heavy atom. The lowest BCUT2D eigenvalue weighted by molar-refractivity contribution is 0.0531. The van der Waals surface area contributed by atoms with Crippen LogP contribution in [0.15, 0.2) is 48.5 Å².